The molecule has 2 aromatic rings. The average Bonchev–Trinajstić information content (AvgIpc) is 3.02. The average molecular weight is 812 g/mol. The number of benzene rings is 1. The molecule has 2 bridgehead atoms. The van der Waals surface area contributed by atoms with E-state index >= 15 is 0 Å². The van der Waals surface area contributed by atoms with Crippen LogP contribution in [0.5, 0.6) is 0 Å². The molecule has 164 valence electrons. The second-order valence-electron chi connectivity index (χ2n) is 7.91. The van der Waals surface area contributed by atoms with Gasteiger partial charge in [-0.3, -0.25) is 0 Å². The Morgan fingerprint density at radius 2 is 1.62 bits per heavy atom. The van der Waals surface area contributed by atoms with E-state index in [1.807, 2.05) is 28.6 Å². The molecule has 1 heterocycles. The minimum atomic E-state index is -4.27. The van der Waals surface area contributed by atoms with Crippen molar-refractivity contribution in [1.29, 1.82) is 0 Å². The number of aromatic nitrogens is 2. The van der Waals surface area contributed by atoms with Crippen LogP contribution >= 0.6 is 45.7 Å². The van der Waals surface area contributed by atoms with E-state index in [1.54, 1.807) is 0 Å². The number of nitrogens with zero attached hydrogens (tertiary/aromatic N) is 3. The molecule has 3 aliphatic carbocycles. The van der Waals surface area contributed by atoms with Crippen LogP contribution in [0.4, 0.5) is 13.2 Å². The maximum atomic E-state index is 12.4. The van der Waals surface area contributed by atoms with Gasteiger partial charge in [0.2, 0.25) is 0 Å². The van der Waals surface area contributed by atoms with Crippen molar-refractivity contribution in [3.05, 3.63) is 51.6 Å². The summed E-state index contributed by atoms with van der Waals surface area (Å²) >= 11 is 7.09. The maximum absolute atomic E-state index is 12.4. The van der Waals surface area contributed by atoms with Gasteiger partial charge in [0.25, 0.3) is 0 Å². The second kappa shape index (κ2) is 9.86. The summed E-state index contributed by atoms with van der Waals surface area (Å²) in [6.07, 6.45) is 8.35. The molecule has 1 aromatic heterocycles. The van der Waals surface area contributed by atoms with Gasteiger partial charge < -0.3 is 0 Å². The third-order valence-electron chi connectivity index (χ3n) is 6.01. The van der Waals surface area contributed by atoms with Crippen LogP contribution in [0.3, 0.4) is 0 Å². The molecule has 5 rings (SSSR count). The van der Waals surface area contributed by atoms with E-state index in [0.717, 1.165) is 27.4 Å². The van der Waals surface area contributed by atoms with E-state index < -0.39 is 11.7 Å². The van der Waals surface area contributed by atoms with Crippen molar-refractivity contribution in [1.82, 2.24) is 10.5 Å². The monoisotopic (exact) mass is 812 g/mol. The molecule has 1 aromatic carbocycles. The number of hydrogen-bond donors (Lipinski definition) is 0. The molecular weight excluding hydrogens is 788 g/mol. The normalized spacial score (nSPS) is 23.8. The summed E-state index contributed by atoms with van der Waals surface area (Å²) in [6, 6.07) is 5.26. The largest absolute Gasteiger partial charge is 0.182 e. The van der Waals surface area contributed by atoms with Gasteiger partial charge in [0.15, 0.2) is 0 Å². The predicted molar refractivity (Wildman–Crippen MR) is 121 cm³/mol. The van der Waals surface area contributed by atoms with Crippen molar-refractivity contribution in [2.24, 2.45) is 13.0 Å². The molecule has 9 heteroatoms. The number of fused-ring (bicyclic) bond motifs is 3. The fourth-order valence-electron chi connectivity index (χ4n) is 4.09. The Balaban J connectivity index is 0.000000186. The summed E-state index contributed by atoms with van der Waals surface area (Å²) in [5.41, 5.74) is 0.826. The number of rotatable bonds is 3. The Morgan fingerprint density at radius 3 is 2.00 bits per heavy atom. The Bertz CT molecular complexity index is 853. The van der Waals surface area contributed by atoms with Crippen LogP contribution in [0.15, 0.2) is 36.7 Å². The van der Waals surface area contributed by atoms with Crippen molar-refractivity contribution < 1.29 is 32.5 Å². The molecule has 29 heavy (non-hydrogen) atoms. The third kappa shape index (κ3) is 5.97. The van der Waals surface area contributed by atoms with E-state index in [0.29, 0.717) is 12.1 Å². The van der Waals surface area contributed by atoms with E-state index in [4.69, 9.17) is 0 Å². The molecule has 0 spiro atoms. The van der Waals surface area contributed by atoms with Gasteiger partial charge in [0, 0.05) is 51.3 Å². The van der Waals surface area contributed by atoms with Crippen molar-refractivity contribution >= 4 is 45.7 Å². The summed E-state index contributed by atoms with van der Waals surface area (Å²) in [4.78, 5) is 0. The van der Waals surface area contributed by atoms with Crippen LogP contribution in [0.2, 0.25) is 0 Å². The summed E-state index contributed by atoms with van der Waals surface area (Å²) < 4.78 is 44.6. The fourth-order valence-corrected chi connectivity index (χ4v) is 6.05. The first-order valence-electron chi connectivity index (χ1n) is 9.56. The molecule has 0 N–H and O–H groups in total. The molecule has 3 saturated carbocycles. The Kier molecular flexibility index (Phi) is 8.15. The zero-order valence-electron chi connectivity index (χ0n) is 16.0. The second-order valence-corrected chi connectivity index (χ2v) is 12.7. The number of alkyl halides is 3. The molecule has 0 saturated heterocycles. The standard InChI is InChI=1S/C12H11F3N2.C8H13I2N.Pt/c1-16-6-7-17(9-16)8-10-2-4-11(5-3-10)12(13,14)15;9-11(10)8-4-1-7(2-5-8)3-6-8;/h2-7H,8H2,1H3;7H,1-6H2;. The van der Waals surface area contributed by atoms with Crippen LogP contribution in [0, 0.1) is 9.72 Å². The SMILES string of the molecule is Cn1ccn(Cc2ccc(C(F)(F)F)cc2)[c]1=[Pt].IN(I)C12CCC(CC1)CC2. The van der Waals surface area contributed by atoms with E-state index in [-0.39, 0.29) is 0 Å². The molecule has 0 unspecified atom stereocenters. The van der Waals surface area contributed by atoms with Crippen LogP contribution in [0.25, 0.3) is 0 Å². The Morgan fingerprint density at radius 1 is 1.07 bits per heavy atom. The van der Waals surface area contributed by atoms with Gasteiger partial charge in [-0.25, -0.2) is 0 Å². The molecule has 3 fully saturated rings. The van der Waals surface area contributed by atoms with Gasteiger partial charge in [-0.05, 0) is 44.4 Å². The van der Waals surface area contributed by atoms with E-state index in [2.05, 4.69) is 66.4 Å². The van der Waals surface area contributed by atoms with Crippen LogP contribution in [-0.2, 0) is 39.1 Å². The number of hydrogen-bond acceptors (Lipinski definition) is 1. The van der Waals surface area contributed by atoms with Gasteiger partial charge in [0.1, 0.15) is 0 Å². The van der Waals surface area contributed by atoms with Crippen LogP contribution < -0.4 is 0 Å². The van der Waals surface area contributed by atoms with Crippen molar-refractivity contribution in [3.63, 3.8) is 0 Å². The van der Waals surface area contributed by atoms with Crippen molar-refractivity contribution in [3.8, 4) is 0 Å². The van der Waals surface area contributed by atoms with Crippen LogP contribution in [0.1, 0.15) is 49.7 Å². The summed E-state index contributed by atoms with van der Waals surface area (Å²) in [7, 11) is 1.92. The first kappa shape index (κ1) is 24.0. The smallest absolute Gasteiger partial charge is 0.0408 e. The zero-order valence-corrected chi connectivity index (χ0v) is 22.6. The summed E-state index contributed by atoms with van der Waals surface area (Å²) in [6.45, 7) is 0.567. The van der Waals surface area contributed by atoms with Gasteiger partial charge in [-0.2, -0.15) is 1.33 Å². The molecule has 0 atom stereocenters. The topological polar surface area (TPSA) is 13.1 Å². The molecule has 3 nitrogen and oxygen atoms in total. The first-order valence-corrected chi connectivity index (χ1v) is 12.6. The number of aryl methyl sites for hydroxylation is 1. The molecule has 3 aliphatic rings. The Hall–Kier alpha value is 0.328. The fraction of sp³-hybridized carbons (Fsp3) is 0.550. The summed E-state index contributed by atoms with van der Waals surface area (Å²) in [5, 5.41) is 0. The van der Waals surface area contributed by atoms with Gasteiger partial charge in [0.05, 0.1) is 0 Å². The van der Waals surface area contributed by atoms with Crippen LogP contribution in [-0.4, -0.2) is 16.0 Å². The van der Waals surface area contributed by atoms with E-state index in [9.17, 15) is 13.2 Å². The minimum Gasteiger partial charge on any atom is -0.182 e. The van der Waals surface area contributed by atoms with Gasteiger partial charge >= 0.3 is 113 Å². The minimum absolute atomic E-state index is 0.567. The quantitative estimate of drug-likeness (QED) is 0.249. The zero-order chi connectivity index (χ0) is 21.2. The van der Waals surface area contributed by atoms with Crippen molar-refractivity contribution in [2.45, 2.75) is 56.8 Å². The molecular formula is C20H24F3I2N3Pt. The van der Waals surface area contributed by atoms with Gasteiger partial charge in [-0.15, -0.1) is 0 Å². The molecule has 0 aliphatic heterocycles. The number of halogens is 5. The Labute approximate surface area is 208 Å². The maximum Gasteiger partial charge on any atom is 0.0408 e. The molecule has 0 amide bonds. The van der Waals surface area contributed by atoms with Gasteiger partial charge in [-0.1, -0.05) is 0 Å². The summed E-state index contributed by atoms with van der Waals surface area (Å²) in [5.74, 6) is 1.09. The molecule has 0 radical (unpaired) electrons. The van der Waals surface area contributed by atoms with E-state index in [1.165, 1.54) is 50.7 Å². The number of imidazole rings is 1. The van der Waals surface area contributed by atoms with Crippen molar-refractivity contribution in [2.75, 3.05) is 0 Å². The third-order valence-corrected chi connectivity index (χ3v) is 9.51. The first-order chi connectivity index (χ1) is 13.6. The predicted octanol–water partition coefficient (Wildman–Crippen LogP) is 6.68.